The van der Waals surface area contributed by atoms with Crippen LogP contribution >= 0.6 is 25.3 Å². The van der Waals surface area contributed by atoms with Crippen molar-refractivity contribution in [2.24, 2.45) is 0 Å². The fourth-order valence-corrected chi connectivity index (χ4v) is 1.25. The van der Waals surface area contributed by atoms with E-state index in [0.717, 1.165) is 0 Å². The lowest BCUT2D eigenvalue weighted by molar-refractivity contribution is -0.144. The fraction of sp³-hybridized carbons (Fsp3) is 0.727. The number of ether oxygens (including phenoxy) is 2. The summed E-state index contributed by atoms with van der Waals surface area (Å²) in [4.78, 5) is 33.5. The van der Waals surface area contributed by atoms with Gasteiger partial charge < -0.3 is 9.47 Å². The predicted molar refractivity (Wildman–Crippen MR) is 73.1 cm³/mol. The molecule has 104 valence electrons. The Morgan fingerprint density at radius 2 is 1.11 bits per heavy atom. The summed E-state index contributed by atoms with van der Waals surface area (Å²) in [5.74, 6) is -0.0846. The molecule has 0 amide bonds. The second kappa shape index (κ2) is 11.4. The van der Waals surface area contributed by atoms with Gasteiger partial charge in [0.25, 0.3) is 0 Å². The minimum Gasteiger partial charge on any atom is -0.465 e. The summed E-state index contributed by atoms with van der Waals surface area (Å²) in [6.07, 6.45) is 0.257. The molecule has 0 saturated carbocycles. The van der Waals surface area contributed by atoms with Crippen molar-refractivity contribution in [1.82, 2.24) is 0 Å². The van der Waals surface area contributed by atoms with Crippen molar-refractivity contribution in [2.75, 3.05) is 24.7 Å². The quantitative estimate of drug-likeness (QED) is 0.466. The molecule has 0 atom stereocenters. The molecule has 0 unspecified atom stereocenters. The number of thiol groups is 2. The monoisotopic (exact) mass is 294 g/mol. The Kier molecular flexibility index (Phi) is 11.0. The van der Waals surface area contributed by atoms with Crippen LogP contribution in [0.5, 0.6) is 0 Å². The van der Waals surface area contributed by atoms with Gasteiger partial charge >= 0.3 is 11.9 Å². The van der Waals surface area contributed by atoms with Gasteiger partial charge in [-0.25, -0.2) is 0 Å². The van der Waals surface area contributed by atoms with Crippen molar-refractivity contribution < 1.29 is 23.9 Å². The highest BCUT2D eigenvalue weighted by Crippen LogP contribution is 2.02. The van der Waals surface area contributed by atoms with Crippen molar-refractivity contribution >= 4 is 43.0 Å². The van der Waals surface area contributed by atoms with Crippen molar-refractivity contribution in [3.63, 3.8) is 0 Å². The molecule has 0 aromatic rings. The maximum atomic E-state index is 11.4. The highest BCUT2D eigenvalue weighted by Gasteiger charge is 2.10. The van der Waals surface area contributed by atoms with Gasteiger partial charge in [-0.2, -0.15) is 25.3 Å². The lowest BCUT2D eigenvalue weighted by Gasteiger charge is -2.03. The standard InChI is InChI=1S/C11H18O5S2/c12-9(1-3-10(13)15-5-7-17)2-4-11(14)16-6-8-18/h17-18H,1-8H2. The summed E-state index contributed by atoms with van der Waals surface area (Å²) in [7, 11) is 0. The second-order valence-corrected chi connectivity index (χ2v) is 4.32. The van der Waals surface area contributed by atoms with Gasteiger partial charge in [0.1, 0.15) is 19.0 Å². The third kappa shape index (κ3) is 10.5. The van der Waals surface area contributed by atoms with Crippen molar-refractivity contribution in [1.29, 1.82) is 0 Å². The summed E-state index contributed by atoms with van der Waals surface area (Å²) < 4.78 is 9.51. The van der Waals surface area contributed by atoms with Gasteiger partial charge in [0.15, 0.2) is 0 Å². The van der Waals surface area contributed by atoms with Crippen LogP contribution in [-0.4, -0.2) is 42.4 Å². The molecule has 0 aliphatic rings. The van der Waals surface area contributed by atoms with E-state index in [1.165, 1.54) is 0 Å². The Hall–Kier alpha value is -0.690. The molecule has 0 aliphatic carbocycles. The van der Waals surface area contributed by atoms with E-state index in [4.69, 9.17) is 9.47 Å². The molecule has 7 heteroatoms. The predicted octanol–water partition coefficient (Wildman–Crippen LogP) is 1.06. The fourth-order valence-electron chi connectivity index (χ4n) is 1.07. The number of hydrogen-bond donors (Lipinski definition) is 2. The zero-order valence-electron chi connectivity index (χ0n) is 10.1. The normalized spacial score (nSPS) is 9.89. The summed E-state index contributed by atoms with van der Waals surface area (Å²) in [5.41, 5.74) is 0. The number of carbonyl (C=O) groups is 3. The average Bonchev–Trinajstić information content (AvgIpc) is 2.37. The van der Waals surface area contributed by atoms with Crippen LogP contribution in [0.3, 0.4) is 0 Å². The molecule has 0 N–H and O–H groups in total. The zero-order chi connectivity index (χ0) is 13.8. The first-order valence-electron chi connectivity index (χ1n) is 5.64. The number of carbonyl (C=O) groups excluding carboxylic acids is 3. The molecule has 0 aromatic carbocycles. The van der Waals surface area contributed by atoms with E-state index in [0.29, 0.717) is 11.5 Å². The van der Waals surface area contributed by atoms with Crippen LogP contribution < -0.4 is 0 Å². The van der Waals surface area contributed by atoms with Crippen LogP contribution in [0.4, 0.5) is 0 Å². The molecule has 0 heterocycles. The van der Waals surface area contributed by atoms with Gasteiger partial charge in [0.05, 0.1) is 12.8 Å². The van der Waals surface area contributed by atoms with Crippen LogP contribution in [-0.2, 0) is 23.9 Å². The van der Waals surface area contributed by atoms with E-state index in [9.17, 15) is 14.4 Å². The second-order valence-electron chi connectivity index (χ2n) is 3.43. The van der Waals surface area contributed by atoms with E-state index in [1.54, 1.807) is 0 Å². The van der Waals surface area contributed by atoms with Crippen LogP contribution in [0, 0.1) is 0 Å². The van der Waals surface area contributed by atoms with Crippen LogP contribution in [0.1, 0.15) is 25.7 Å². The maximum Gasteiger partial charge on any atom is 0.306 e. The van der Waals surface area contributed by atoms with Gasteiger partial charge in [-0.05, 0) is 0 Å². The molecular weight excluding hydrogens is 276 g/mol. The first-order chi connectivity index (χ1) is 8.60. The Morgan fingerprint density at radius 1 is 0.722 bits per heavy atom. The van der Waals surface area contributed by atoms with Gasteiger partial charge in [0, 0.05) is 24.3 Å². The topological polar surface area (TPSA) is 69.7 Å². The highest BCUT2D eigenvalue weighted by molar-refractivity contribution is 7.80. The molecule has 0 radical (unpaired) electrons. The van der Waals surface area contributed by atoms with E-state index in [-0.39, 0.29) is 44.7 Å². The van der Waals surface area contributed by atoms with Gasteiger partial charge in [-0.15, -0.1) is 0 Å². The summed E-state index contributed by atoms with van der Waals surface area (Å²) in [5, 5.41) is 0. The number of esters is 2. The van der Waals surface area contributed by atoms with Crippen LogP contribution in [0.2, 0.25) is 0 Å². The Balaban J connectivity index is 3.59. The number of hydrogen-bond acceptors (Lipinski definition) is 7. The summed E-state index contributed by atoms with van der Waals surface area (Å²) in [6, 6.07) is 0. The molecule has 5 nitrogen and oxygen atoms in total. The van der Waals surface area contributed by atoms with Crippen molar-refractivity contribution in [2.45, 2.75) is 25.7 Å². The first-order valence-corrected chi connectivity index (χ1v) is 6.91. The van der Waals surface area contributed by atoms with Gasteiger partial charge in [-0.3, -0.25) is 14.4 Å². The average molecular weight is 294 g/mol. The molecular formula is C11H18O5S2. The third-order valence-electron chi connectivity index (χ3n) is 1.92. The number of rotatable bonds is 10. The molecule has 0 saturated heterocycles. The van der Waals surface area contributed by atoms with Crippen LogP contribution in [0.15, 0.2) is 0 Å². The summed E-state index contributed by atoms with van der Waals surface area (Å²) in [6.45, 7) is 0.485. The van der Waals surface area contributed by atoms with Gasteiger partial charge in [0.2, 0.25) is 0 Å². The lowest BCUT2D eigenvalue weighted by atomic mass is 10.1. The Morgan fingerprint density at radius 3 is 1.44 bits per heavy atom. The Labute approximate surface area is 117 Å². The third-order valence-corrected chi connectivity index (χ3v) is 2.29. The SMILES string of the molecule is O=C(CCC(=O)OCCS)CCC(=O)OCCS. The smallest absolute Gasteiger partial charge is 0.306 e. The minimum absolute atomic E-state index is 0.0400. The van der Waals surface area contributed by atoms with Crippen molar-refractivity contribution in [3.05, 3.63) is 0 Å². The minimum atomic E-state index is -0.421. The largest absolute Gasteiger partial charge is 0.465 e. The maximum absolute atomic E-state index is 11.4. The molecule has 0 aliphatic heterocycles. The van der Waals surface area contributed by atoms with Crippen molar-refractivity contribution in [3.8, 4) is 0 Å². The Bertz CT molecular complexity index is 255. The summed E-state index contributed by atoms with van der Waals surface area (Å²) >= 11 is 7.77. The van der Waals surface area contributed by atoms with Gasteiger partial charge in [-0.1, -0.05) is 0 Å². The molecule has 0 bridgehead atoms. The zero-order valence-corrected chi connectivity index (χ0v) is 11.9. The molecule has 0 fully saturated rings. The first kappa shape index (κ1) is 17.3. The molecule has 0 spiro atoms. The molecule has 18 heavy (non-hydrogen) atoms. The number of Topliss-reactive ketones (excluding diaryl/α,β-unsaturated/α-hetero) is 1. The van der Waals surface area contributed by atoms with E-state index in [1.807, 2.05) is 0 Å². The highest BCUT2D eigenvalue weighted by atomic mass is 32.1. The van der Waals surface area contributed by atoms with E-state index in [2.05, 4.69) is 25.3 Å². The number of ketones is 1. The molecule has 0 rings (SSSR count). The van der Waals surface area contributed by atoms with E-state index >= 15 is 0 Å². The lowest BCUT2D eigenvalue weighted by Crippen LogP contribution is -2.12. The molecule has 0 aromatic heterocycles. The van der Waals surface area contributed by atoms with E-state index < -0.39 is 11.9 Å². The van der Waals surface area contributed by atoms with Crippen LogP contribution in [0.25, 0.3) is 0 Å².